The molecule has 4 heteroatoms. The van der Waals surface area contributed by atoms with Crippen LogP contribution in [0.4, 0.5) is 0 Å². The van der Waals surface area contributed by atoms with Gasteiger partial charge in [-0.05, 0) is 24.3 Å². The van der Waals surface area contributed by atoms with Crippen LogP contribution in [0.3, 0.4) is 0 Å². The van der Waals surface area contributed by atoms with Crippen molar-refractivity contribution in [3.05, 3.63) is 29.8 Å². The van der Waals surface area contributed by atoms with Crippen molar-refractivity contribution in [2.24, 2.45) is 0 Å². The van der Waals surface area contributed by atoms with Crippen LogP contribution in [0.1, 0.15) is 11.8 Å². The van der Waals surface area contributed by atoms with E-state index in [0.717, 1.165) is 0 Å². The number of carboxylic acids is 1. The Labute approximate surface area is 94.1 Å². The van der Waals surface area contributed by atoms with Crippen LogP contribution in [0.15, 0.2) is 24.3 Å². The number of carbonyl (C=O) groups is 1. The number of benzene rings is 1. The van der Waals surface area contributed by atoms with E-state index in [2.05, 4.69) is 0 Å². The van der Waals surface area contributed by atoms with Crippen molar-refractivity contribution in [1.29, 1.82) is 0 Å². The molecule has 0 saturated carbocycles. The van der Waals surface area contributed by atoms with Crippen LogP contribution < -0.4 is 34.3 Å². The summed E-state index contributed by atoms with van der Waals surface area (Å²) in [6.07, 6.45) is 0. The third kappa shape index (κ3) is 2.85. The second-order valence-corrected chi connectivity index (χ2v) is 2.03. The van der Waals surface area contributed by atoms with Crippen molar-refractivity contribution < 1.29 is 45.6 Å². The minimum absolute atomic E-state index is 0. The molecule has 12 heavy (non-hydrogen) atoms. The molecule has 0 saturated heterocycles. The maximum Gasteiger partial charge on any atom is 1.00 e. The summed E-state index contributed by atoms with van der Waals surface area (Å²) in [5.74, 6) is -0.261. The maximum absolute atomic E-state index is 10.4. The number of hydrogen-bond acceptors (Lipinski definition) is 2. The summed E-state index contributed by atoms with van der Waals surface area (Å²) in [4.78, 5) is 10.4. The zero-order valence-corrected chi connectivity index (χ0v) is 9.07. The minimum Gasteiger partial charge on any atom is -1.00 e. The first-order valence-corrected chi connectivity index (χ1v) is 3.11. The number of ether oxygens (including phenoxy) is 1. The molecule has 60 valence electrons. The molecule has 1 aromatic carbocycles. The SMILES string of the molecule is COc1ccc(C(=O)O)cc1.[H-].[Na+]. The minimum atomic E-state index is -0.923. The maximum atomic E-state index is 10.4. The first-order valence-electron chi connectivity index (χ1n) is 3.11. The number of rotatable bonds is 2. The fourth-order valence-corrected chi connectivity index (χ4v) is 0.734. The monoisotopic (exact) mass is 176 g/mol. The number of carboxylic acid groups (broad SMARTS) is 1. The molecule has 0 heterocycles. The fourth-order valence-electron chi connectivity index (χ4n) is 0.734. The third-order valence-corrected chi connectivity index (χ3v) is 1.34. The molecule has 0 atom stereocenters. The van der Waals surface area contributed by atoms with Crippen molar-refractivity contribution >= 4 is 5.97 Å². The number of methoxy groups -OCH3 is 1. The molecule has 0 radical (unpaired) electrons. The zero-order valence-electron chi connectivity index (χ0n) is 8.07. The van der Waals surface area contributed by atoms with Gasteiger partial charge < -0.3 is 11.3 Å². The van der Waals surface area contributed by atoms with Gasteiger partial charge in [-0.15, -0.1) is 0 Å². The van der Waals surface area contributed by atoms with Crippen LogP contribution in [0, 0.1) is 0 Å². The molecular formula is C8H9NaO3. The molecule has 0 aliphatic heterocycles. The Morgan fingerprint density at radius 1 is 1.42 bits per heavy atom. The van der Waals surface area contributed by atoms with Crippen molar-refractivity contribution in [2.75, 3.05) is 7.11 Å². The summed E-state index contributed by atoms with van der Waals surface area (Å²) >= 11 is 0. The van der Waals surface area contributed by atoms with Gasteiger partial charge in [-0.1, -0.05) is 0 Å². The first-order chi connectivity index (χ1) is 5.24. The molecule has 3 nitrogen and oxygen atoms in total. The van der Waals surface area contributed by atoms with Gasteiger partial charge >= 0.3 is 35.5 Å². The van der Waals surface area contributed by atoms with Gasteiger partial charge in [0.2, 0.25) is 0 Å². The molecule has 0 spiro atoms. The van der Waals surface area contributed by atoms with Gasteiger partial charge in [-0.2, -0.15) is 0 Å². The molecule has 1 aromatic rings. The molecular weight excluding hydrogens is 167 g/mol. The fraction of sp³-hybridized carbons (Fsp3) is 0.125. The van der Waals surface area contributed by atoms with E-state index in [1.807, 2.05) is 0 Å². The molecule has 1 N–H and O–H groups in total. The molecule has 0 aromatic heterocycles. The van der Waals surface area contributed by atoms with Gasteiger partial charge in [0.15, 0.2) is 0 Å². The third-order valence-electron chi connectivity index (χ3n) is 1.34. The van der Waals surface area contributed by atoms with E-state index in [0.29, 0.717) is 5.75 Å². The van der Waals surface area contributed by atoms with Crippen LogP contribution in [0.25, 0.3) is 0 Å². The van der Waals surface area contributed by atoms with E-state index >= 15 is 0 Å². The summed E-state index contributed by atoms with van der Waals surface area (Å²) in [5.41, 5.74) is 0.269. The zero-order chi connectivity index (χ0) is 8.27. The van der Waals surface area contributed by atoms with Gasteiger partial charge in [0.25, 0.3) is 0 Å². The van der Waals surface area contributed by atoms with Crippen molar-refractivity contribution in [3.8, 4) is 5.75 Å². The predicted octanol–water partition coefficient (Wildman–Crippen LogP) is -1.49. The summed E-state index contributed by atoms with van der Waals surface area (Å²) in [7, 11) is 1.54. The standard InChI is InChI=1S/C8H8O3.Na.H/c1-11-7-4-2-6(3-5-7)8(9)10;;/h2-5H,1H3,(H,9,10);;/q;+1;-1. The predicted molar refractivity (Wildman–Crippen MR) is 41.1 cm³/mol. The van der Waals surface area contributed by atoms with Gasteiger partial charge in [-0.3, -0.25) is 0 Å². The Morgan fingerprint density at radius 2 is 1.92 bits per heavy atom. The van der Waals surface area contributed by atoms with Crippen LogP contribution in [0.2, 0.25) is 0 Å². The average molecular weight is 176 g/mol. The van der Waals surface area contributed by atoms with E-state index in [1.54, 1.807) is 12.1 Å². The quantitative estimate of drug-likeness (QED) is 0.558. The molecule has 0 bridgehead atoms. The van der Waals surface area contributed by atoms with Crippen molar-refractivity contribution in [3.63, 3.8) is 0 Å². The molecule has 1 rings (SSSR count). The summed E-state index contributed by atoms with van der Waals surface area (Å²) in [6.45, 7) is 0. The van der Waals surface area contributed by atoms with Crippen molar-refractivity contribution in [1.82, 2.24) is 0 Å². The summed E-state index contributed by atoms with van der Waals surface area (Å²) < 4.78 is 4.86. The Morgan fingerprint density at radius 3 is 2.25 bits per heavy atom. The number of aromatic carboxylic acids is 1. The Hall–Kier alpha value is -0.510. The molecule has 0 amide bonds. The molecule has 0 fully saturated rings. The second kappa shape index (κ2) is 5.19. The van der Waals surface area contributed by atoms with E-state index < -0.39 is 5.97 Å². The first kappa shape index (κ1) is 11.5. The van der Waals surface area contributed by atoms with E-state index in [-0.39, 0.29) is 36.5 Å². The topological polar surface area (TPSA) is 46.5 Å². The number of hydrogen-bond donors (Lipinski definition) is 1. The van der Waals surface area contributed by atoms with E-state index in [1.165, 1.54) is 19.2 Å². The Kier molecular flexibility index (Phi) is 4.97. The van der Waals surface area contributed by atoms with Gasteiger partial charge in [0.1, 0.15) is 5.75 Å². The van der Waals surface area contributed by atoms with Gasteiger partial charge in [0.05, 0.1) is 12.7 Å². The van der Waals surface area contributed by atoms with Crippen LogP contribution in [-0.4, -0.2) is 18.2 Å². The average Bonchev–Trinajstić information content (AvgIpc) is 2.05. The van der Waals surface area contributed by atoms with E-state index in [9.17, 15) is 4.79 Å². The summed E-state index contributed by atoms with van der Waals surface area (Å²) in [6, 6.07) is 6.23. The van der Waals surface area contributed by atoms with E-state index in [4.69, 9.17) is 9.84 Å². The van der Waals surface area contributed by atoms with Gasteiger partial charge in [-0.25, -0.2) is 4.79 Å². The van der Waals surface area contributed by atoms with Crippen LogP contribution in [-0.2, 0) is 0 Å². The normalized spacial score (nSPS) is 8.42. The Balaban J connectivity index is 0. The second-order valence-electron chi connectivity index (χ2n) is 2.03. The van der Waals surface area contributed by atoms with Crippen LogP contribution in [0.5, 0.6) is 5.75 Å². The van der Waals surface area contributed by atoms with Crippen LogP contribution >= 0.6 is 0 Å². The smallest absolute Gasteiger partial charge is 1.00 e. The summed E-state index contributed by atoms with van der Waals surface area (Å²) in [5, 5.41) is 8.51. The van der Waals surface area contributed by atoms with Crippen molar-refractivity contribution in [2.45, 2.75) is 0 Å². The molecule has 0 aliphatic carbocycles. The Bertz CT molecular complexity index is 261. The van der Waals surface area contributed by atoms with Gasteiger partial charge in [0, 0.05) is 0 Å². The molecule has 0 aliphatic rings. The molecule has 0 unspecified atom stereocenters. The largest absolute Gasteiger partial charge is 1.00 e.